The Kier molecular flexibility index (Phi) is 18.0. The van der Waals surface area contributed by atoms with Gasteiger partial charge in [-0.05, 0) is 54.7 Å². The number of ether oxygens (including phenoxy) is 3. The number of hydrogen-bond acceptors (Lipinski definition) is 15. The largest absolute Gasteiger partial charge is 0.489 e. The van der Waals surface area contributed by atoms with Crippen molar-refractivity contribution >= 4 is 70.0 Å². The molecule has 410 valence electrons. The number of pyridine rings is 1. The number of aryl methyl sites for hydroxylation is 1. The van der Waals surface area contributed by atoms with Crippen LogP contribution in [0.1, 0.15) is 102 Å². The molecule has 4 amide bonds. The fraction of sp³-hybridized carbons (Fsp3) is 0.527. The molecule has 0 radical (unpaired) electrons. The van der Waals surface area contributed by atoms with E-state index in [-0.39, 0.29) is 61.5 Å². The highest BCUT2D eigenvalue weighted by Gasteiger charge is 2.64. The number of aromatic nitrogens is 2. The van der Waals surface area contributed by atoms with Gasteiger partial charge < -0.3 is 50.8 Å². The Labute approximate surface area is 453 Å². The SMILES string of the molecule is Cc1ncsc1-c1ccc([C@H](C)NC(=O)[C@@H]2C[C@@H](OC(=O)CCC(=O)O)CN2C(=O)[C@@H](NC(=O)COCCN2CCN(c3ccc(C(=O)NC4C(C)(C)C(Oc5ccc(N)c(Cl)c5)C4(C)C)cn3)CC2)C(C)(C)C)cc1. The molecule has 0 bridgehead atoms. The van der Waals surface area contributed by atoms with Crippen molar-refractivity contribution in [3.05, 3.63) is 88.1 Å². The Bertz CT molecular complexity index is 2720. The van der Waals surface area contributed by atoms with Crippen molar-refractivity contribution in [2.75, 3.05) is 63.1 Å². The van der Waals surface area contributed by atoms with Crippen LogP contribution in [-0.2, 0) is 33.4 Å². The number of nitrogens with one attached hydrogen (secondary N) is 3. The summed E-state index contributed by atoms with van der Waals surface area (Å²) in [7, 11) is 0. The number of aliphatic carboxylic acids is 1. The van der Waals surface area contributed by atoms with Crippen molar-refractivity contribution in [3.8, 4) is 16.2 Å². The Morgan fingerprint density at radius 1 is 0.934 bits per heavy atom. The van der Waals surface area contributed by atoms with Gasteiger partial charge in [0.05, 0.1) is 64.4 Å². The fourth-order valence-electron chi connectivity index (χ4n) is 10.7. The summed E-state index contributed by atoms with van der Waals surface area (Å²) in [5.74, 6) is -2.25. The van der Waals surface area contributed by atoms with Crippen LogP contribution in [-0.4, -0.2) is 143 Å². The second-order valence-electron chi connectivity index (χ2n) is 22.3. The topological polar surface area (TPSA) is 248 Å². The molecule has 21 heteroatoms. The van der Waals surface area contributed by atoms with Gasteiger partial charge in [-0.15, -0.1) is 11.3 Å². The van der Waals surface area contributed by atoms with Crippen LogP contribution in [0.3, 0.4) is 0 Å². The van der Waals surface area contributed by atoms with Crippen LogP contribution >= 0.6 is 22.9 Å². The van der Waals surface area contributed by atoms with Gasteiger partial charge in [0, 0.05) is 68.3 Å². The van der Waals surface area contributed by atoms with Crippen molar-refractivity contribution in [1.82, 2.24) is 35.7 Å². The first kappa shape index (κ1) is 57.4. The number of carbonyl (C=O) groups is 6. The molecule has 3 fully saturated rings. The van der Waals surface area contributed by atoms with E-state index in [0.717, 1.165) is 40.6 Å². The molecule has 2 aromatic heterocycles. The number of nitrogens with zero attached hydrogens (tertiary/aromatic N) is 5. The molecule has 4 atom stereocenters. The summed E-state index contributed by atoms with van der Waals surface area (Å²) in [5, 5.41) is 18.6. The average molecular weight is 1090 g/mol. The van der Waals surface area contributed by atoms with Gasteiger partial charge in [0.2, 0.25) is 17.7 Å². The zero-order valence-electron chi connectivity index (χ0n) is 44.8. The van der Waals surface area contributed by atoms with E-state index < -0.39 is 65.7 Å². The summed E-state index contributed by atoms with van der Waals surface area (Å²) in [6.45, 7) is 20.7. The summed E-state index contributed by atoms with van der Waals surface area (Å²) in [4.78, 5) is 95.1. The molecule has 1 aliphatic carbocycles. The lowest BCUT2D eigenvalue weighted by Gasteiger charge is -2.63. The van der Waals surface area contributed by atoms with E-state index in [2.05, 4.69) is 63.4 Å². The van der Waals surface area contributed by atoms with E-state index in [1.807, 2.05) is 44.2 Å². The van der Waals surface area contributed by atoms with Crippen molar-refractivity contribution in [2.45, 2.75) is 118 Å². The predicted molar refractivity (Wildman–Crippen MR) is 290 cm³/mol. The van der Waals surface area contributed by atoms with E-state index in [1.54, 1.807) is 68.1 Å². The summed E-state index contributed by atoms with van der Waals surface area (Å²) in [5.41, 5.74) is 9.80. The average Bonchev–Trinajstić information content (AvgIpc) is 4.11. The number of likely N-dealkylation sites (tertiary alicyclic amines) is 1. The number of piperazine rings is 1. The van der Waals surface area contributed by atoms with Gasteiger partial charge in [-0.3, -0.25) is 33.7 Å². The number of benzene rings is 2. The van der Waals surface area contributed by atoms with E-state index in [0.29, 0.717) is 41.7 Å². The number of nitrogens with two attached hydrogens (primary N) is 1. The van der Waals surface area contributed by atoms with Crippen LogP contribution in [0.2, 0.25) is 5.02 Å². The van der Waals surface area contributed by atoms with E-state index in [1.165, 1.54) is 4.90 Å². The maximum atomic E-state index is 14.5. The minimum Gasteiger partial charge on any atom is -0.489 e. The van der Waals surface area contributed by atoms with Gasteiger partial charge >= 0.3 is 11.9 Å². The summed E-state index contributed by atoms with van der Waals surface area (Å²) in [6, 6.07) is 13.9. The van der Waals surface area contributed by atoms with Crippen molar-refractivity contribution in [1.29, 1.82) is 0 Å². The van der Waals surface area contributed by atoms with Gasteiger partial charge in [-0.1, -0.05) is 84.3 Å². The van der Waals surface area contributed by atoms with E-state index in [9.17, 15) is 28.8 Å². The number of rotatable bonds is 20. The van der Waals surface area contributed by atoms with Crippen LogP contribution in [0.4, 0.5) is 11.5 Å². The molecule has 4 heterocycles. The highest BCUT2D eigenvalue weighted by Crippen LogP contribution is 2.55. The molecule has 7 rings (SSSR count). The first-order chi connectivity index (χ1) is 35.8. The molecule has 2 aromatic carbocycles. The number of amides is 4. The maximum absolute atomic E-state index is 14.5. The number of anilines is 2. The molecule has 2 saturated heterocycles. The summed E-state index contributed by atoms with van der Waals surface area (Å²) in [6.07, 6.45) is -0.276. The Morgan fingerprint density at radius 3 is 2.24 bits per heavy atom. The second kappa shape index (κ2) is 23.9. The van der Waals surface area contributed by atoms with Gasteiger partial charge in [-0.25, -0.2) is 9.97 Å². The second-order valence-corrected chi connectivity index (χ2v) is 23.5. The Balaban J connectivity index is 0.874. The van der Waals surface area contributed by atoms with Crippen LogP contribution in [0.15, 0.2) is 66.3 Å². The van der Waals surface area contributed by atoms with E-state index >= 15 is 0 Å². The number of esters is 1. The van der Waals surface area contributed by atoms with Crippen LogP contribution in [0.5, 0.6) is 5.75 Å². The molecule has 0 spiro atoms. The summed E-state index contributed by atoms with van der Waals surface area (Å²) >= 11 is 7.78. The number of halogens is 1. The quantitative estimate of drug-likeness (QED) is 0.0371. The third kappa shape index (κ3) is 13.6. The lowest BCUT2D eigenvalue weighted by Crippen LogP contribution is -2.74. The van der Waals surface area contributed by atoms with Gasteiger partial charge in [0.25, 0.3) is 5.91 Å². The van der Waals surface area contributed by atoms with Crippen molar-refractivity contribution in [3.63, 3.8) is 0 Å². The number of carbonyl (C=O) groups excluding carboxylic acids is 5. The van der Waals surface area contributed by atoms with Crippen molar-refractivity contribution in [2.24, 2.45) is 16.2 Å². The fourth-order valence-corrected chi connectivity index (χ4v) is 11.7. The molecule has 1 saturated carbocycles. The normalized spacial score (nSPS) is 20.9. The minimum atomic E-state index is -1.16. The first-order valence-corrected chi connectivity index (χ1v) is 26.9. The van der Waals surface area contributed by atoms with Gasteiger partial charge in [0.1, 0.15) is 42.5 Å². The minimum absolute atomic E-state index is 0.0172. The molecule has 19 nitrogen and oxygen atoms in total. The van der Waals surface area contributed by atoms with Crippen LogP contribution < -0.4 is 31.3 Å². The van der Waals surface area contributed by atoms with Gasteiger partial charge in [0.15, 0.2) is 0 Å². The lowest BCUT2D eigenvalue weighted by atomic mass is 9.49. The van der Waals surface area contributed by atoms with Crippen molar-refractivity contribution < 1.29 is 48.1 Å². The monoisotopic (exact) mass is 1090 g/mol. The third-order valence-corrected chi connectivity index (χ3v) is 16.0. The molecule has 76 heavy (non-hydrogen) atoms. The Hall–Kier alpha value is -6.35. The highest BCUT2D eigenvalue weighted by atomic mass is 35.5. The lowest BCUT2D eigenvalue weighted by molar-refractivity contribution is -0.164. The summed E-state index contributed by atoms with van der Waals surface area (Å²) < 4.78 is 17.8. The molecule has 6 N–H and O–H groups in total. The zero-order chi connectivity index (χ0) is 55.3. The van der Waals surface area contributed by atoms with Crippen LogP contribution in [0, 0.1) is 23.2 Å². The third-order valence-electron chi connectivity index (χ3n) is 14.7. The smallest absolute Gasteiger partial charge is 0.306 e. The molecule has 0 unspecified atom stereocenters. The number of nitrogen functional groups attached to an aromatic ring is 1. The highest BCUT2D eigenvalue weighted by molar-refractivity contribution is 7.13. The number of thiazole rings is 1. The molecular weight excluding hydrogens is 1010 g/mol. The standard InChI is InChI=1S/C55H72ClN9O10S/c1-32(34-10-12-35(13-11-34)46-33(2)59-31-76-46)60-49(71)41-27-38(74-45(69)19-18-44(67)68)29-65(41)50(72)47(53(3,4)5)61-43(66)30-73-25-24-63-20-22-64(23-21-63)42-17-14-36(28-58-42)48(70)62-51-54(6,7)52(55(51,8)9)75-37-15-16-40(57)39(56)26-37/h10-17,26,28,31-32,38,41,47,51-52H,18-25,27,29-30,57H2,1-9H3,(H,60,71)(H,61,66)(H,62,70)(H,67,68)/t32-,38+,41-,47+,51?,52?/m0/s1. The number of carboxylic acid groups (broad SMARTS) is 1. The predicted octanol–water partition coefficient (Wildman–Crippen LogP) is 6.29. The number of carboxylic acids is 1. The number of hydrogen-bond donors (Lipinski definition) is 5. The molecule has 3 aliphatic rings. The maximum Gasteiger partial charge on any atom is 0.306 e. The molecule has 4 aromatic rings. The Morgan fingerprint density at radius 2 is 1.63 bits per heavy atom. The molecule has 2 aliphatic heterocycles. The van der Waals surface area contributed by atoms with Gasteiger partial charge in [-0.2, -0.15) is 0 Å². The van der Waals surface area contributed by atoms with E-state index in [4.69, 9.17) is 36.7 Å². The zero-order valence-corrected chi connectivity index (χ0v) is 46.4. The molecular formula is C55H72ClN9O10S. The van der Waals surface area contributed by atoms with Crippen LogP contribution in [0.25, 0.3) is 10.4 Å². The first-order valence-electron chi connectivity index (χ1n) is 25.7.